The minimum absolute atomic E-state index is 0.00107. The van der Waals surface area contributed by atoms with Crippen LogP contribution < -0.4 is 10.6 Å². The van der Waals surface area contributed by atoms with Crippen LogP contribution in [0, 0.1) is 13.8 Å². The molecule has 52 heavy (non-hydrogen) atoms. The van der Waals surface area contributed by atoms with E-state index in [1.54, 1.807) is 18.2 Å². The lowest BCUT2D eigenvalue weighted by Crippen LogP contribution is -2.52. The summed E-state index contributed by atoms with van der Waals surface area (Å²) >= 11 is 0. The number of carbonyl (C=O) groups is 1. The Morgan fingerprint density at radius 2 is 1.29 bits per heavy atom. The number of carboxylic acid groups (broad SMARTS) is 1. The van der Waals surface area contributed by atoms with Crippen molar-refractivity contribution >= 4 is 18.1 Å². The van der Waals surface area contributed by atoms with Crippen molar-refractivity contribution in [1.29, 1.82) is 0 Å². The van der Waals surface area contributed by atoms with Crippen molar-refractivity contribution in [3.05, 3.63) is 128 Å². The predicted molar refractivity (Wildman–Crippen MR) is 189 cm³/mol. The second-order valence-electron chi connectivity index (χ2n) is 12.9. The molecule has 12 heteroatoms. The predicted octanol–water partition coefficient (Wildman–Crippen LogP) is 7.97. The number of carboxylic acids is 1. The van der Waals surface area contributed by atoms with Crippen molar-refractivity contribution in [3.8, 4) is 11.1 Å². The van der Waals surface area contributed by atoms with E-state index in [4.69, 9.17) is 5.11 Å². The Morgan fingerprint density at radius 3 is 1.90 bits per heavy atom. The van der Waals surface area contributed by atoms with E-state index in [0.29, 0.717) is 29.8 Å². The van der Waals surface area contributed by atoms with Gasteiger partial charge < -0.3 is 20.6 Å². The van der Waals surface area contributed by atoms with E-state index in [1.807, 2.05) is 38.1 Å². The van der Waals surface area contributed by atoms with Crippen LogP contribution in [-0.4, -0.2) is 46.6 Å². The summed E-state index contributed by atoms with van der Waals surface area (Å²) in [5.74, 6) is -1.29. The van der Waals surface area contributed by atoms with Crippen molar-refractivity contribution in [2.75, 3.05) is 19.8 Å². The third-order valence-corrected chi connectivity index (χ3v) is 9.20. The van der Waals surface area contributed by atoms with Crippen molar-refractivity contribution in [1.82, 2.24) is 10.6 Å². The van der Waals surface area contributed by atoms with Crippen LogP contribution >= 0.6 is 0 Å². The first-order chi connectivity index (χ1) is 24.5. The topological polar surface area (TPSA) is 102 Å². The van der Waals surface area contributed by atoms with E-state index in [1.165, 1.54) is 37.3 Å². The van der Waals surface area contributed by atoms with Gasteiger partial charge in [0.25, 0.3) is 0 Å². The van der Waals surface area contributed by atoms with Crippen molar-refractivity contribution in [2.24, 2.45) is 0 Å². The van der Waals surface area contributed by atoms with Crippen LogP contribution in [0.5, 0.6) is 0 Å². The molecule has 5 N–H and O–H groups in total. The molecule has 0 unspecified atom stereocenters. The van der Waals surface area contributed by atoms with E-state index in [0.717, 1.165) is 39.9 Å². The summed E-state index contributed by atoms with van der Waals surface area (Å²) in [5.41, 5.74) is 2.72. The smallest absolute Gasteiger partial charge is 0.416 e. The fourth-order valence-electron chi connectivity index (χ4n) is 5.99. The third kappa shape index (κ3) is 9.88. The summed E-state index contributed by atoms with van der Waals surface area (Å²) in [4.78, 5) is 11.6. The van der Waals surface area contributed by atoms with Crippen molar-refractivity contribution < 1.29 is 46.5 Å². The molecular weight excluding hydrogens is 686 g/mol. The van der Waals surface area contributed by atoms with Gasteiger partial charge in [0.2, 0.25) is 0 Å². The minimum Gasteiger partial charge on any atom is -0.480 e. The fraction of sp³-hybridized carbons (Fsp3) is 0.325. The number of hydrogen-bond acceptors (Lipinski definition) is 5. The Kier molecular flexibility index (Phi) is 13.1. The highest BCUT2D eigenvalue weighted by Gasteiger charge is 2.35. The molecule has 0 aliphatic rings. The summed E-state index contributed by atoms with van der Waals surface area (Å²) in [5, 5.41) is 33.6. The van der Waals surface area contributed by atoms with Gasteiger partial charge in [0.15, 0.2) is 0 Å². The maximum atomic E-state index is 14.0. The number of aliphatic hydroxyl groups excluding tert-OH is 2. The molecule has 278 valence electrons. The van der Waals surface area contributed by atoms with Gasteiger partial charge in [-0.15, -0.1) is 0 Å². The van der Waals surface area contributed by atoms with Crippen LogP contribution in [0.3, 0.4) is 0 Å². The molecule has 0 radical (unpaired) electrons. The highest BCUT2D eigenvalue weighted by molar-refractivity contribution is 5.80. The number of halogens is 6. The summed E-state index contributed by atoms with van der Waals surface area (Å²) in [7, 11) is 0. The zero-order valence-corrected chi connectivity index (χ0v) is 29.1. The van der Waals surface area contributed by atoms with Gasteiger partial charge in [0.05, 0.1) is 24.3 Å². The lowest BCUT2D eigenvalue weighted by molar-refractivity contribution is -0.146. The van der Waals surface area contributed by atoms with Gasteiger partial charge in [-0.2, -0.15) is 26.3 Å². The van der Waals surface area contributed by atoms with Gasteiger partial charge in [-0.05, 0) is 107 Å². The lowest BCUT2D eigenvalue weighted by Gasteiger charge is -2.24. The summed E-state index contributed by atoms with van der Waals surface area (Å²) in [6.45, 7) is 4.75. The van der Waals surface area contributed by atoms with Crippen LogP contribution in [0.2, 0.25) is 0 Å². The Morgan fingerprint density at radius 1 is 0.712 bits per heavy atom. The molecule has 0 saturated heterocycles. The number of aliphatic hydroxyl groups is 2. The van der Waals surface area contributed by atoms with Crippen LogP contribution in [0.1, 0.15) is 62.6 Å². The molecule has 1 atom stereocenters. The van der Waals surface area contributed by atoms with Crippen LogP contribution in [-0.2, 0) is 43.1 Å². The second-order valence-corrected chi connectivity index (χ2v) is 12.9. The molecule has 6 nitrogen and oxygen atoms in total. The molecule has 0 spiro atoms. The first-order valence-corrected chi connectivity index (χ1v) is 16.6. The minimum atomic E-state index is -4.61. The number of nitrogens with one attached hydrogen (secondary N) is 2. The van der Waals surface area contributed by atoms with E-state index < -0.39 is 41.6 Å². The van der Waals surface area contributed by atoms with Gasteiger partial charge in [-0.25, -0.2) is 0 Å². The monoisotopic (exact) mass is 728 g/mol. The largest absolute Gasteiger partial charge is 0.480 e. The Hall–Kier alpha value is -4.49. The van der Waals surface area contributed by atoms with Crippen molar-refractivity contribution in [3.63, 3.8) is 0 Å². The average molecular weight is 729 g/mol. The second kappa shape index (κ2) is 16.9. The first kappa shape index (κ1) is 40.3. The maximum Gasteiger partial charge on any atom is 0.416 e. The van der Waals surface area contributed by atoms with Crippen LogP contribution in [0.15, 0.2) is 72.8 Å². The van der Waals surface area contributed by atoms with E-state index >= 15 is 0 Å². The standard InChI is InChI=1S/C40H42F6N2O4/c1-25-29(12-14-31-20-27(22-47-18-19-49)10-16-35(31)39(41,42)43)6-4-8-33(25)34-9-5-7-30(26(34)2)13-15-32-21-28(11-17-36(32)40(44,45)46)23-48-38(3,24-50)37(51)52/h4-12,14,16-17,20-21,47-50H,13,15,18-19,22-24H2,1-3H3,(H,51,52)/b14-12+/t38-/m0/s1. The maximum absolute atomic E-state index is 14.0. The average Bonchev–Trinajstić information content (AvgIpc) is 3.09. The van der Waals surface area contributed by atoms with Gasteiger partial charge in [0, 0.05) is 19.6 Å². The molecule has 0 saturated carbocycles. The number of aryl methyl sites for hydroxylation is 2. The summed E-state index contributed by atoms with van der Waals surface area (Å²) in [6, 6.07) is 18.6. The quantitative estimate of drug-likeness (QED) is 0.0484. The van der Waals surface area contributed by atoms with E-state index in [2.05, 4.69) is 10.6 Å². The number of benzene rings is 4. The first-order valence-electron chi connectivity index (χ1n) is 16.6. The lowest BCUT2D eigenvalue weighted by atomic mass is 9.89. The van der Waals surface area contributed by atoms with E-state index in [-0.39, 0.29) is 37.1 Å². The molecule has 0 aliphatic carbocycles. The highest BCUT2D eigenvalue weighted by Crippen LogP contribution is 2.36. The highest BCUT2D eigenvalue weighted by atomic mass is 19.4. The zero-order valence-electron chi connectivity index (χ0n) is 29.1. The Bertz CT molecular complexity index is 1900. The molecule has 0 heterocycles. The Balaban J connectivity index is 1.62. The summed E-state index contributed by atoms with van der Waals surface area (Å²) in [6.07, 6.45) is -5.80. The van der Waals surface area contributed by atoms with Crippen molar-refractivity contribution in [2.45, 2.75) is 64.6 Å². The number of hydrogen-bond donors (Lipinski definition) is 5. The molecule has 0 aromatic heterocycles. The van der Waals surface area contributed by atoms with Gasteiger partial charge in [-0.3, -0.25) is 10.1 Å². The molecular formula is C40H42F6N2O4. The van der Waals surface area contributed by atoms with Crippen LogP contribution in [0.4, 0.5) is 26.3 Å². The summed E-state index contributed by atoms with van der Waals surface area (Å²) < 4.78 is 83.7. The molecule has 4 rings (SSSR count). The SMILES string of the molecule is Cc1c(/C=C/c2cc(CNCCO)ccc2C(F)(F)F)cccc1-c1cccc(CCc2cc(CN[C@@](C)(CO)C(=O)O)ccc2C(F)(F)F)c1C. The third-order valence-electron chi connectivity index (χ3n) is 9.20. The Labute approximate surface area is 298 Å². The molecule has 0 aliphatic heterocycles. The number of alkyl halides is 6. The van der Waals surface area contributed by atoms with Gasteiger partial charge >= 0.3 is 18.3 Å². The number of aliphatic carboxylic acids is 1. The zero-order chi connectivity index (χ0) is 38.3. The molecule has 0 bridgehead atoms. The number of rotatable bonds is 15. The van der Waals surface area contributed by atoms with Gasteiger partial charge in [-0.1, -0.05) is 66.7 Å². The molecule has 0 amide bonds. The van der Waals surface area contributed by atoms with Gasteiger partial charge in [0.1, 0.15) is 5.54 Å². The molecule has 0 fully saturated rings. The fourth-order valence-corrected chi connectivity index (χ4v) is 5.99. The van der Waals surface area contributed by atoms with Crippen LogP contribution in [0.25, 0.3) is 23.3 Å². The molecule has 4 aromatic rings. The molecule has 4 aromatic carbocycles. The van der Waals surface area contributed by atoms with E-state index in [9.17, 15) is 41.4 Å². The normalized spacial score (nSPS) is 13.4.